The van der Waals surface area contributed by atoms with Gasteiger partial charge >= 0.3 is 0 Å². The molecule has 0 radical (unpaired) electrons. The van der Waals surface area contributed by atoms with Gasteiger partial charge in [0.15, 0.2) is 0 Å². The van der Waals surface area contributed by atoms with Gasteiger partial charge in [-0.15, -0.1) is 0 Å². The molecule has 118 valence electrons. The lowest BCUT2D eigenvalue weighted by atomic mass is 9.81. The molecular formula is C18H30N2S. The second-order valence-electron chi connectivity index (χ2n) is 6.40. The maximum atomic E-state index is 3.86. The molecule has 1 aromatic carbocycles. The number of rotatable bonds is 6. The van der Waals surface area contributed by atoms with E-state index in [4.69, 9.17) is 0 Å². The first kappa shape index (κ1) is 16.9. The van der Waals surface area contributed by atoms with Crippen molar-refractivity contribution in [2.24, 2.45) is 0 Å². The molecule has 1 heterocycles. The van der Waals surface area contributed by atoms with E-state index >= 15 is 0 Å². The van der Waals surface area contributed by atoms with Gasteiger partial charge in [0, 0.05) is 30.9 Å². The van der Waals surface area contributed by atoms with Gasteiger partial charge in [-0.3, -0.25) is 4.90 Å². The Morgan fingerprint density at radius 3 is 2.43 bits per heavy atom. The molecule has 0 amide bonds. The molecule has 1 N–H and O–H groups in total. The predicted octanol–water partition coefficient (Wildman–Crippen LogP) is 3.73. The molecule has 3 heteroatoms. The topological polar surface area (TPSA) is 15.3 Å². The van der Waals surface area contributed by atoms with E-state index in [-0.39, 0.29) is 5.54 Å². The number of nitrogens with zero attached hydrogens (tertiary/aromatic N) is 1. The maximum Gasteiger partial charge on any atom is 0.0535 e. The van der Waals surface area contributed by atoms with Crippen LogP contribution in [0.25, 0.3) is 0 Å². The fourth-order valence-corrected chi connectivity index (χ4v) is 3.94. The van der Waals surface area contributed by atoms with Crippen LogP contribution in [0.2, 0.25) is 0 Å². The van der Waals surface area contributed by atoms with Crippen LogP contribution in [0.5, 0.6) is 0 Å². The van der Waals surface area contributed by atoms with Gasteiger partial charge in [-0.2, -0.15) is 11.8 Å². The molecule has 1 saturated heterocycles. The molecular weight excluding hydrogens is 276 g/mol. The number of hydrogen-bond donors (Lipinski definition) is 1. The summed E-state index contributed by atoms with van der Waals surface area (Å²) in [7, 11) is 0. The van der Waals surface area contributed by atoms with Gasteiger partial charge in [0.25, 0.3) is 0 Å². The van der Waals surface area contributed by atoms with Gasteiger partial charge in [-0.25, -0.2) is 0 Å². The summed E-state index contributed by atoms with van der Waals surface area (Å²) in [5, 5.41) is 3.86. The van der Waals surface area contributed by atoms with Gasteiger partial charge in [0.05, 0.1) is 5.54 Å². The minimum absolute atomic E-state index is 0.0630. The summed E-state index contributed by atoms with van der Waals surface area (Å²) in [6.45, 7) is 10.4. The van der Waals surface area contributed by atoms with Crippen molar-refractivity contribution in [3.05, 3.63) is 35.9 Å². The zero-order valence-electron chi connectivity index (χ0n) is 14.0. The summed E-state index contributed by atoms with van der Waals surface area (Å²) < 4.78 is 0. The van der Waals surface area contributed by atoms with Crippen LogP contribution in [-0.4, -0.2) is 42.1 Å². The molecule has 21 heavy (non-hydrogen) atoms. The molecule has 1 aromatic rings. The first-order valence-electron chi connectivity index (χ1n) is 8.15. The van der Waals surface area contributed by atoms with Crippen molar-refractivity contribution < 1.29 is 0 Å². The lowest BCUT2D eigenvalue weighted by Crippen LogP contribution is -2.67. The summed E-state index contributed by atoms with van der Waals surface area (Å²) in [5.74, 6) is 1.21. The molecule has 1 fully saturated rings. The molecule has 2 rings (SSSR count). The highest BCUT2D eigenvalue weighted by Crippen LogP contribution is 2.34. The Balaban J connectivity index is 2.23. The molecule has 1 unspecified atom stereocenters. The zero-order chi connectivity index (χ0) is 15.3. The molecule has 1 aliphatic rings. The third kappa shape index (κ3) is 3.46. The lowest BCUT2D eigenvalue weighted by molar-refractivity contribution is 0.00717. The smallest absolute Gasteiger partial charge is 0.0535 e. The fourth-order valence-electron chi connectivity index (χ4n) is 3.54. The number of thioether (sulfide) groups is 1. The van der Waals surface area contributed by atoms with Gasteiger partial charge in [-0.1, -0.05) is 44.2 Å². The van der Waals surface area contributed by atoms with Crippen molar-refractivity contribution in [3.63, 3.8) is 0 Å². The van der Waals surface area contributed by atoms with Gasteiger partial charge < -0.3 is 5.32 Å². The van der Waals surface area contributed by atoms with Crippen LogP contribution in [0.3, 0.4) is 0 Å². The first-order chi connectivity index (χ1) is 10.1. The fraction of sp³-hybridized carbons (Fsp3) is 0.667. The Morgan fingerprint density at radius 1 is 1.19 bits per heavy atom. The average Bonchev–Trinajstić information content (AvgIpc) is 2.54. The molecule has 2 nitrogen and oxygen atoms in total. The highest BCUT2D eigenvalue weighted by atomic mass is 32.2. The van der Waals surface area contributed by atoms with E-state index in [0.717, 1.165) is 13.1 Å². The van der Waals surface area contributed by atoms with Crippen molar-refractivity contribution in [2.45, 2.75) is 44.7 Å². The normalized spacial score (nSPS) is 25.9. The molecule has 0 spiro atoms. The largest absolute Gasteiger partial charge is 0.305 e. The number of nitrogens with one attached hydrogen (secondary N) is 1. The summed E-state index contributed by atoms with van der Waals surface area (Å²) >= 11 is 1.95. The van der Waals surface area contributed by atoms with E-state index in [9.17, 15) is 0 Å². The Bertz CT molecular complexity index is 430. The van der Waals surface area contributed by atoms with Gasteiger partial charge in [-0.05, 0) is 31.6 Å². The Kier molecular flexibility index (Phi) is 5.75. The van der Waals surface area contributed by atoms with Crippen molar-refractivity contribution >= 4 is 11.8 Å². The third-order valence-corrected chi connectivity index (χ3v) is 5.87. The third-order valence-electron chi connectivity index (χ3n) is 5.28. The lowest BCUT2D eigenvalue weighted by Gasteiger charge is -2.54. The van der Waals surface area contributed by atoms with E-state index in [1.54, 1.807) is 0 Å². The SMILES string of the molecule is CCC1(CC)CNC(C)(c2ccccc2)CN1CCSC. The minimum Gasteiger partial charge on any atom is -0.305 e. The quantitative estimate of drug-likeness (QED) is 0.862. The highest BCUT2D eigenvalue weighted by Gasteiger charge is 2.43. The van der Waals surface area contributed by atoms with E-state index < -0.39 is 0 Å². The second kappa shape index (κ2) is 7.17. The van der Waals surface area contributed by atoms with E-state index in [0.29, 0.717) is 5.54 Å². The summed E-state index contributed by atoms with van der Waals surface area (Å²) in [6.07, 6.45) is 4.64. The Morgan fingerprint density at radius 2 is 1.86 bits per heavy atom. The number of benzene rings is 1. The van der Waals surface area contributed by atoms with E-state index in [1.165, 1.54) is 30.7 Å². The molecule has 0 aromatic heterocycles. The van der Waals surface area contributed by atoms with Crippen LogP contribution in [0.1, 0.15) is 39.2 Å². The summed E-state index contributed by atoms with van der Waals surface area (Å²) in [4.78, 5) is 2.74. The maximum absolute atomic E-state index is 3.86. The average molecular weight is 307 g/mol. The monoisotopic (exact) mass is 306 g/mol. The highest BCUT2D eigenvalue weighted by molar-refractivity contribution is 7.98. The standard InChI is InChI=1S/C18H30N2S/c1-5-18(6-2)14-19-17(3,15-20(18)12-13-21-4)16-10-8-7-9-11-16/h7-11,19H,5-6,12-15H2,1-4H3. The zero-order valence-corrected chi connectivity index (χ0v) is 14.8. The molecule has 0 bridgehead atoms. The summed E-state index contributed by atoms with van der Waals surface area (Å²) in [6, 6.07) is 10.9. The number of hydrogen-bond acceptors (Lipinski definition) is 3. The van der Waals surface area contributed by atoms with E-state index in [1.807, 2.05) is 11.8 Å². The van der Waals surface area contributed by atoms with Crippen LogP contribution in [0, 0.1) is 0 Å². The van der Waals surface area contributed by atoms with Crippen LogP contribution in [0.4, 0.5) is 0 Å². The van der Waals surface area contributed by atoms with Crippen LogP contribution < -0.4 is 5.32 Å². The summed E-state index contributed by atoms with van der Waals surface area (Å²) in [5.41, 5.74) is 1.79. The van der Waals surface area contributed by atoms with Crippen molar-refractivity contribution in [2.75, 3.05) is 31.6 Å². The molecule has 0 aliphatic carbocycles. The van der Waals surface area contributed by atoms with Crippen molar-refractivity contribution in [1.82, 2.24) is 10.2 Å². The molecule has 1 aliphatic heterocycles. The number of piperazine rings is 1. The van der Waals surface area contributed by atoms with E-state index in [2.05, 4.69) is 67.6 Å². The predicted molar refractivity (Wildman–Crippen MR) is 95.1 cm³/mol. The molecule has 1 atom stereocenters. The van der Waals surface area contributed by atoms with Crippen LogP contribution >= 0.6 is 11.8 Å². The van der Waals surface area contributed by atoms with Crippen LogP contribution in [0.15, 0.2) is 30.3 Å². The Labute approximate surface area is 134 Å². The second-order valence-corrected chi connectivity index (χ2v) is 7.38. The van der Waals surface area contributed by atoms with Crippen molar-refractivity contribution in [3.8, 4) is 0 Å². The first-order valence-corrected chi connectivity index (χ1v) is 9.54. The molecule has 0 saturated carbocycles. The van der Waals surface area contributed by atoms with Gasteiger partial charge in [0.2, 0.25) is 0 Å². The van der Waals surface area contributed by atoms with Crippen LogP contribution in [-0.2, 0) is 5.54 Å². The minimum atomic E-state index is 0.0630. The van der Waals surface area contributed by atoms with Crippen molar-refractivity contribution in [1.29, 1.82) is 0 Å². The van der Waals surface area contributed by atoms with Gasteiger partial charge in [0.1, 0.15) is 0 Å². The Hall–Kier alpha value is -0.510.